The van der Waals surface area contributed by atoms with Gasteiger partial charge in [0.1, 0.15) is 6.10 Å². The van der Waals surface area contributed by atoms with Gasteiger partial charge in [0.25, 0.3) is 0 Å². The molecule has 0 aromatic carbocycles. The second-order valence-electron chi connectivity index (χ2n) is 9.64. The molecule has 2 saturated heterocycles. The van der Waals surface area contributed by atoms with Crippen molar-refractivity contribution in [1.82, 2.24) is 0 Å². The summed E-state index contributed by atoms with van der Waals surface area (Å²) in [6.07, 6.45) is -14.1. The van der Waals surface area contributed by atoms with E-state index in [0.717, 1.165) is 48.5 Å². The van der Waals surface area contributed by atoms with Crippen molar-refractivity contribution in [3.05, 3.63) is 0 Å². The third kappa shape index (κ3) is 10.4. The summed E-state index contributed by atoms with van der Waals surface area (Å²) in [4.78, 5) is 83.4. The van der Waals surface area contributed by atoms with E-state index < -0.39 is 110 Å². The number of carbonyl (C=O) groups excluding carboxylic acids is 7. The molecule has 242 valence electrons. The monoisotopic (exact) mass is 620 g/mol. The maximum atomic E-state index is 12.0. The molecular weight excluding hydrogens is 584 g/mol. The molecule has 0 bridgehead atoms. The average Bonchev–Trinajstić information content (AvgIpc) is 2.84. The first kappa shape index (κ1) is 35.4. The molecule has 0 amide bonds. The van der Waals surface area contributed by atoms with E-state index in [2.05, 4.69) is 0 Å². The predicted octanol–water partition coefficient (Wildman–Crippen LogP) is -0.374. The lowest BCUT2D eigenvalue weighted by Crippen LogP contribution is -2.64. The average molecular weight is 621 g/mol. The number of hydrogen-bond donors (Lipinski definition) is 0. The highest BCUT2D eigenvalue weighted by Crippen LogP contribution is 2.33. The lowest BCUT2D eigenvalue weighted by atomic mass is 9.97. The Bertz CT molecular complexity index is 1070. The molecule has 0 unspecified atom stereocenters. The van der Waals surface area contributed by atoms with Crippen LogP contribution in [0.15, 0.2) is 0 Å². The van der Waals surface area contributed by atoms with Crippen LogP contribution in [0.25, 0.3) is 0 Å². The van der Waals surface area contributed by atoms with Crippen LogP contribution in [0.2, 0.25) is 0 Å². The highest BCUT2D eigenvalue weighted by molar-refractivity contribution is 5.70. The Morgan fingerprint density at radius 1 is 0.442 bits per heavy atom. The summed E-state index contributed by atoms with van der Waals surface area (Å²) in [7, 11) is 0. The SMILES string of the molecule is CC(=O)O[C@@H]1O[C@H](CO[C@@H]2O[C@@H](C)[C@H](OC(C)=O)[C@@H](OC(C)=O)[C@H]2OC(C)=O)[C@@H](OC(C)=O)[C@H](OC(C)=O)[C@@H]1OC(C)=O. The molecule has 17 heteroatoms. The van der Waals surface area contributed by atoms with Crippen LogP contribution in [-0.4, -0.2) is 110 Å². The Hall–Kier alpha value is -3.83. The molecule has 43 heavy (non-hydrogen) atoms. The Balaban J connectivity index is 2.47. The Morgan fingerprint density at radius 3 is 1.23 bits per heavy atom. The van der Waals surface area contributed by atoms with E-state index in [1.54, 1.807) is 0 Å². The third-order valence-electron chi connectivity index (χ3n) is 5.84. The van der Waals surface area contributed by atoms with E-state index in [-0.39, 0.29) is 0 Å². The summed E-state index contributed by atoms with van der Waals surface area (Å²) < 4.78 is 54.5. The Morgan fingerprint density at radius 2 is 0.791 bits per heavy atom. The van der Waals surface area contributed by atoms with Crippen molar-refractivity contribution in [3.63, 3.8) is 0 Å². The minimum Gasteiger partial charge on any atom is -0.456 e. The van der Waals surface area contributed by atoms with Crippen LogP contribution in [0.1, 0.15) is 55.4 Å². The molecule has 0 N–H and O–H groups in total. The van der Waals surface area contributed by atoms with Crippen LogP contribution >= 0.6 is 0 Å². The largest absolute Gasteiger partial charge is 0.456 e. The normalized spacial score (nSPS) is 31.9. The van der Waals surface area contributed by atoms with Crippen LogP contribution < -0.4 is 0 Å². The molecule has 2 rings (SSSR count). The lowest BCUT2D eigenvalue weighted by molar-refractivity contribution is -0.327. The topological polar surface area (TPSA) is 212 Å². The summed E-state index contributed by atoms with van der Waals surface area (Å²) in [5, 5.41) is 0. The number of rotatable bonds is 10. The van der Waals surface area contributed by atoms with Crippen LogP contribution in [0, 0.1) is 0 Å². The fourth-order valence-electron chi connectivity index (χ4n) is 4.54. The van der Waals surface area contributed by atoms with Gasteiger partial charge >= 0.3 is 41.8 Å². The summed E-state index contributed by atoms with van der Waals surface area (Å²) in [5.41, 5.74) is 0. The van der Waals surface area contributed by atoms with Gasteiger partial charge < -0.3 is 47.4 Å². The van der Waals surface area contributed by atoms with E-state index in [9.17, 15) is 33.6 Å². The maximum Gasteiger partial charge on any atom is 0.305 e. The van der Waals surface area contributed by atoms with E-state index in [1.807, 2.05) is 0 Å². The van der Waals surface area contributed by atoms with Gasteiger partial charge in [0, 0.05) is 48.5 Å². The lowest BCUT2D eigenvalue weighted by Gasteiger charge is -2.45. The van der Waals surface area contributed by atoms with Crippen molar-refractivity contribution < 1.29 is 80.9 Å². The first-order valence-electron chi connectivity index (χ1n) is 13.1. The molecule has 2 heterocycles. The molecule has 0 aromatic heterocycles. The zero-order valence-electron chi connectivity index (χ0n) is 24.9. The zero-order chi connectivity index (χ0) is 32.6. The van der Waals surface area contributed by atoms with E-state index in [0.29, 0.717) is 0 Å². The molecule has 2 aliphatic heterocycles. The zero-order valence-corrected chi connectivity index (χ0v) is 24.9. The molecule has 0 aromatic rings. The predicted molar refractivity (Wildman–Crippen MR) is 134 cm³/mol. The smallest absolute Gasteiger partial charge is 0.305 e. The van der Waals surface area contributed by atoms with Crippen molar-refractivity contribution >= 4 is 41.8 Å². The molecular formula is C26H36O17. The van der Waals surface area contributed by atoms with E-state index in [1.165, 1.54) is 6.92 Å². The van der Waals surface area contributed by atoms with Gasteiger partial charge in [-0.1, -0.05) is 0 Å². The molecule has 2 fully saturated rings. The first-order valence-corrected chi connectivity index (χ1v) is 13.1. The highest BCUT2D eigenvalue weighted by Gasteiger charge is 2.55. The Labute approximate surface area is 246 Å². The van der Waals surface area contributed by atoms with Gasteiger partial charge in [-0.2, -0.15) is 0 Å². The fraction of sp³-hybridized carbons (Fsp3) is 0.731. The standard InChI is InChI=1S/C26H36O17/c1-10-19(36-11(2)27)21(38-13(4)29)23(40-15(6)31)25(35-10)34-9-18-20(37-12(3)28)22(39-14(5)30)24(41-16(7)32)26(43-18)42-17(8)33/h10,18-26H,9H2,1-8H3/t10-,18+,19-,20+,21+,22-,23+,24-,25+,26+/m0/s1. The van der Waals surface area contributed by atoms with Gasteiger partial charge in [-0.15, -0.1) is 0 Å². The Kier molecular flexibility index (Phi) is 12.8. The van der Waals surface area contributed by atoms with Crippen LogP contribution in [0.5, 0.6) is 0 Å². The van der Waals surface area contributed by atoms with Gasteiger partial charge in [-0.3, -0.25) is 33.6 Å². The molecule has 0 saturated carbocycles. The molecule has 10 atom stereocenters. The molecule has 0 aliphatic carbocycles. The van der Waals surface area contributed by atoms with Gasteiger partial charge in [0.05, 0.1) is 12.7 Å². The van der Waals surface area contributed by atoms with Crippen molar-refractivity contribution in [2.45, 2.75) is 117 Å². The number of hydrogen-bond acceptors (Lipinski definition) is 17. The highest BCUT2D eigenvalue weighted by atomic mass is 16.8. The van der Waals surface area contributed by atoms with Gasteiger partial charge in [0.15, 0.2) is 36.8 Å². The van der Waals surface area contributed by atoms with Crippen LogP contribution in [0.3, 0.4) is 0 Å². The van der Waals surface area contributed by atoms with Crippen molar-refractivity contribution in [2.75, 3.05) is 6.61 Å². The molecule has 2 aliphatic rings. The second kappa shape index (κ2) is 15.6. The minimum atomic E-state index is -1.65. The third-order valence-corrected chi connectivity index (χ3v) is 5.84. The summed E-state index contributed by atoms with van der Waals surface area (Å²) in [6, 6.07) is 0. The maximum absolute atomic E-state index is 12.0. The molecule has 0 spiro atoms. The van der Waals surface area contributed by atoms with Crippen molar-refractivity contribution in [3.8, 4) is 0 Å². The van der Waals surface area contributed by atoms with E-state index >= 15 is 0 Å². The summed E-state index contributed by atoms with van der Waals surface area (Å²) in [5.74, 6) is -5.75. The minimum absolute atomic E-state index is 0.569. The summed E-state index contributed by atoms with van der Waals surface area (Å²) in [6.45, 7) is 8.41. The fourth-order valence-corrected chi connectivity index (χ4v) is 4.54. The van der Waals surface area contributed by atoms with Gasteiger partial charge in [-0.05, 0) is 6.92 Å². The number of carbonyl (C=O) groups is 7. The van der Waals surface area contributed by atoms with E-state index in [4.69, 9.17) is 47.4 Å². The van der Waals surface area contributed by atoms with Gasteiger partial charge in [0.2, 0.25) is 12.4 Å². The number of ether oxygens (including phenoxy) is 10. The van der Waals surface area contributed by atoms with Crippen LogP contribution in [0.4, 0.5) is 0 Å². The van der Waals surface area contributed by atoms with Crippen LogP contribution in [-0.2, 0) is 80.9 Å². The second-order valence-corrected chi connectivity index (χ2v) is 9.64. The van der Waals surface area contributed by atoms with Crippen molar-refractivity contribution in [2.24, 2.45) is 0 Å². The van der Waals surface area contributed by atoms with Gasteiger partial charge in [-0.25, -0.2) is 0 Å². The molecule has 0 radical (unpaired) electrons. The first-order chi connectivity index (χ1) is 20.0. The number of esters is 7. The summed E-state index contributed by atoms with van der Waals surface area (Å²) >= 11 is 0. The molecule has 17 nitrogen and oxygen atoms in total. The quantitative estimate of drug-likeness (QED) is 0.225. The van der Waals surface area contributed by atoms with Crippen molar-refractivity contribution in [1.29, 1.82) is 0 Å².